The number of carbonyl (C=O) groups excluding carboxylic acids is 2. The van der Waals surface area contributed by atoms with E-state index in [2.05, 4.69) is 5.32 Å². The quantitative estimate of drug-likeness (QED) is 0.714. The van der Waals surface area contributed by atoms with Crippen molar-refractivity contribution in [3.8, 4) is 5.75 Å². The number of hydrogen-bond acceptors (Lipinski definition) is 5. The summed E-state index contributed by atoms with van der Waals surface area (Å²) < 4.78 is 11.3. The van der Waals surface area contributed by atoms with Crippen molar-refractivity contribution in [2.75, 3.05) is 23.4 Å². The third kappa shape index (κ3) is 3.83. The molecule has 7 heteroatoms. The zero-order valence-electron chi connectivity index (χ0n) is 16.8. The molecule has 0 spiro atoms. The van der Waals surface area contributed by atoms with E-state index in [4.69, 9.17) is 9.47 Å². The van der Waals surface area contributed by atoms with Gasteiger partial charge < -0.3 is 9.47 Å². The Morgan fingerprint density at radius 3 is 2.83 bits per heavy atom. The molecule has 0 unspecified atom stereocenters. The Morgan fingerprint density at radius 1 is 1.24 bits per heavy atom. The zero-order chi connectivity index (χ0) is 20.4. The molecule has 0 bridgehead atoms. The molecule has 1 N–H and O–H groups in total. The summed E-state index contributed by atoms with van der Waals surface area (Å²) in [6.45, 7) is 4.62. The minimum atomic E-state index is -0.351. The van der Waals surface area contributed by atoms with E-state index in [0.717, 1.165) is 43.4 Å². The van der Waals surface area contributed by atoms with E-state index in [1.54, 1.807) is 11.8 Å². The predicted octanol–water partition coefficient (Wildman–Crippen LogP) is 5.01. The fourth-order valence-corrected chi connectivity index (χ4v) is 5.21. The fourth-order valence-electron chi connectivity index (χ4n) is 3.94. The number of carbonyl (C=O) groups is 2. The third-order valence-corrected chi connectivity index (χ3v) is 6.61. The van der Waals surface area contributed by atoms with Gasteiger partial charge in [0.2, 0.25) is 0 Å². The van der Waals surface area contributed by atoms with Gasteiger partial charge in [-0.05, 0) is 56.7 Å². The highest BCUT2D eigenvalue weighted by molar-refractivity contribution is 7.17. The van der Waals surface area contributed by atoms with Gasteiger partial charge in [0.15, 0.2) is 0 Å². The first-order chi connectivity index (χ1) is 14.1. The van der Waals surface area contributed by atoms with Crippen LogP contribution in [0.1, 0.15) is 53.9 Å². The van der Waals surface area contributed by atoms with Gasteiger partial charge in [0.25, 0.3) is 0 Å². The molecule has 1 aromatic heterocycles. The van der Waals surface area contributed by atoms with Crippen LogP contribution in [0.3, 0.4) is 0 Å². The molecule has 29 heavy (non-hydrogen) atoms. The maximum absolute atomic E-state index is 13.3. The number of urea groups is 1. The summed E-state index contributed by atoms with van der Waals surface area (Å²) >= 11 is 1.51. The molecule has 0 saturated carbocycles. The molecular formula is C22H26N2O4S. The van der Waals surface area contributed by atoms with E-state index in [9.17, 15) is 9.59 Å². The van der Waals surface area contributed by atoms with Crippen molar-refractivity contribution in [2.45, 2.75) is 52.1 Å². The summed E-state index contributed by atoms with van der Waals surface area (Å²) in [5, 5.41) is 3.61. The summed E-state index contributed by atoms with van der Waals surface area (Å²) in [5.41, 5.74) is 2.33. The average Bonchev–Trinajstić information content (AvgIpc) is 3.10. The molecule has 154 valence electrons. The number of hydrogen-bond donors (Lipinski definition) is 1. The number of rotatable bonds is 4. The SMILES string of the molecule is CCOC(=O)c1c(NC(=O)N2C[C@@H](CC)Oc3ccccc32)sc2c1CCCC2. The molecule has 2 aromatic rings. The summed E-state index contributed by atoms with van der Waals surface area (Å²) in [6.07, 6.45) is 4.71. The minimum absolute atomic E-state index is 0.0586. The number of nitrogens with one attached hydrogen (secondary N) is 1. The molecule has 0 saturated heterocycles. The molecule has 2 aliphatic rings. The number of fused-ring (bicyclic) bond motifs is 2. The average molecular weight is 415 g/mol. The number of aryl methyl sites for hydroxylation is 1. The number of nitrogens with zero attached hydrogens (tertiary/aromatic N) is 1. The normalized spacial score (nSPS) is 17.7. The first-order valence-electron chi connectivity index (χ1n) is 10.3. The maximum atomic E-state index is 13.3. The van der Waals surface area contributed by atoms with Crippen LogP contribution in [-0.4, -0.2) is 31.3 Å². The van der Waals surface area contributed by atoms with Crippen molar-refractivity contribution in [2.24, 2.45) is 0 Å². The second kappa shape index (κ2) is 8.45. The minimum Gasteiger partial charge on any atom is -0.486 e. The first-order valence-corrected chi connectivity index (χ1v) is 11.1. The van der Waals surface area contributed by atoms with E-state index >= 15 is 0 Å². The Morgan fingerprint density at radius 2 is 2.03 bits per heavy atom. The van der Waals surface area contributed by atoms with Crippen LogP contribution in [0.5, 0.6) is 5.75 Å². The van der Waals surface area contributed by atoms with Crippen molar-refractivity contribution in [1.29, 1.82) is 0 Å². The lowest BCUT2D eigenvalue weighted by molar-refractivity contribution is 0.0526. The Hall–Kier alpha value is -2.54. The molecule has 1 atom stereocenters. The van der Waals surface area contributed by atoms with Gasteiger partial charge in [-0.2, -0.15) is 0 Å². The third-order valence-electron chi connectivity index (χ3n) is 5.41. The molecule has 1 aliphatic carbocycles. The van der Waals surface area contributed by atoms with Gasteiger partial charge >= 0.3 is 12.0 Å². The molecule has 0 radical (unpaired) electrons. The number of amides is 2. The molecule has 0 fully saturated rings. The highest BCUT2D eigenvalue weighted by Gasteiger charge is 2.32. The van der Waals surface area contributed by atoms with E-state index in [0.29, 0.717) is 29.5 Å². The molecule has 4 rings (SSSR count). The van der Waals surface area contributed by atoms with Crippen LogP contribution < -0.4 is 15.0 Å². The predicted molar refractivity (Wildman–Crippen MR) is 114 cm³/mol. The first kappa shape index (κ1) is 19.8. The summed E-state index contributed by atoms with van der Waals surface area (Å²) in [5.74, 6) is 0.354. The number of anilines is 2. The maximum Gasteiger partial charge on any atom is 0.341 e. The molecular weight excluding hydrogens is 388 g/mol. The topological polar surface area (TPSA) is 67.9 Å². The number of esters is 1. The van der Waals surface area contributed by atoms with Gasteiger partial charge in [-0.3, -0.25) is 10.2 Å². The van der Waals surface area contributed by atoms with Crippen LogP contribution in [0.2, 0.25) is 0 Å². The van der Waals surface area contributed by atoms with Crippen LogP contribution in [0.25, 0.3) is 0 Å². The lowest BCUT2D eigenvalue weighted by Crippen LogP contribution is -2.45. The van der Waals surface area contributed by atoms with Gasteiger partial charge in [0.05, 0.1) is 24.4 Å². The van der Waals surface area contributed by atoms with E-state index in [-0.39, 0.29) is 18.1 Å². The number of ether oxygens (including phenoxy) is 2. The molecule has 6 nitrogen and oxygen atoms in total. The van der Waals surface area contributed by atoms with E-state index in [1.165, 1.54) is 16.2 Å². The van der Waals surface area contributed by atoms with Crippen molar-refractivity contribution in [1.82, 2.24) is 0 Å². The Bertz CT molecular complexity index is 924. The van der Waals surface area contributed by atoms with Crippen LogP contribution in [-0.2, 0) is 17.6 Å². The zero-order valence-corrected chi connectivity index (χ0v) is 17.6. The lowest BCUT2D eigenvalue weighted by Gasteiger charge is -2.34. The van der Waals surface area contributed by atoms with Crippen LogP contribution in [0, 0.1) is 0 Å². The number of benzene rings is 1. The van der Waals surface area contributed by atoms with Gasteiger partial charge in [-0.15, -0.1) is 11.3 Å². The second-order valence-corrected chi connectivity index (χ2v) is 8.40. The van der Waals surface area contributed by atoms with Gasteiger partial charge in [0.1, 0.15) is 16.9 Å². The largest absolute Gasteiger partial charge is 0.486 e. The van der Waals surface area contributed by atoms with Crippen molar-refractivity contribution in [3.05, 3.63) is 40.3 Å². The number of para-hydroxylation sites is 2. The Labute approximate surface area is 174 Å². The van der Waals surface area contributed by atoms with Crippen LogP contribution in [0.15, 0.2) is 24.3 Å². The lowest BCUT2D eigenvalue weighted by atomic mass is 9.95. The highest BCUT2D eigenvalue weighted by Crippen LogP contribution is 2.40. The fraction of sp³-hybridized carbons (Fsp3) is 0.455. The molecule has 2 amide bonds. The highest BCUT2D eigenvalue weighted by atomic mass is 32.1. The molecule has 1 aliphatic heterocycles. The van der Waals surface area contributed by atoms with Gasteiger partial charge in [0, 0.05) is 4.88 Å². The summed E-state index contributed by atoms with van der Waals surface area (Å²) in [6, 6.07) is 7.31. The van der Waals surface area contributed by atoms with E-state index in [1.807, 2.05) is 31.2 Å². The van der Waals surface area contributed by atoms with Crippen molar-refractivity contribution < 1.29 is 19.1 Å². The van der Waals surface area contributed by atoms with E-state index < -0.39 is 0 Å². The molecule has 1 aromatic carbocycles. The van der Waals surface area contributed by atoms with Gasteiger partial charge in [-0.1, -0.05) is 19.1 Å². The standard InChI is InChI=1S/C22H26N2O4S/c1-3-14-13-24(16-10-6-7-11-17(16)28-14)22(26)23-20-19(21(25)27-4-2)15-9-5-8-12-18(15)29-20/h6-7,10-11,14H,3-5,8-9,12-13H2,1-2H3,(H,23,26)/t14-/m1/s1. The van der Waals surface area contributed by atoms with Crippen LogP contribution >= 0.6 is 11.3 Å². The van der Waals surface area contributed by atoms with Gasteiger partial charge in [-0.25, -0.2) is 9.59 Å². The van der Waals surface area contributed by atoms with Crippen molar-refractivity contribution >= 4 is 34.0 Å². The summed E-state index contributed by atoms with van der Waals surface area (Å²) in [4.78, 5) is 28.8. The second-order valence-electron chi connectivity index (χ2n) is 7.29. The summed E-state index contributed by atoms with van der Waals surface area (Å²) in [7, 11) is 0. The Balaban J connectivity index is 1.65. The molecule has 2 heterocycles. The Kier molecular flexibility index (Phi) is 5.76. The monoisotopic (exact) mass is 414 g/mol. The smallest absolute Gasteiger partial charge is 0.341 e. The van der Waals surface area contributed by atoms with Crippen molar-refractivity contribution in [3.63, 3.8) is 0 Å². The number of thiophene rings is 1. The van der Waals surface area contributed by atoms with Crippen LogP contribution in [0.4, 0.5) is 15.5 Å².